The molecule has 5 aromatic heterocycles. The number of unbranched alkanes of at least 4 members (excludes halogenated alkanes) is 1. The van der Waals surface area contributed by atoms with E-state index in [2.05, 4.69) is 21.9 Å². The van der Waals surface area contributed by atoms with Gasteiger partial charge in [0.1, 0.15) is 27.9 Å². The first-order chi connectivity index (χ1) is 64.9. The second kappa shape index (κ2) is 44.6. The van der Waals surface area contributed by atoms with Crippen molar-refractivity contribution in [1.82, 2.24) is 34.3 Å². The first kappa shape index (κ1) is 98.3. The fraction of sp³-hybridized carbons (Fsp3) is 0.343. The largest absolute Gasteiger partial charge is 0.497 e. The lowest BCUT2D eigenvalue weighted by Gasteiger charge is -2.35. The van der Waals surface area contributed by atoms with Gasteiger partial charge in [0.15, 0.2) is 45.9 Å². The zero-order valence-electron chi connectivity index (χ0n) is 75.6. The number of halogens is 3. The van der Waals surface area contributed by atoms with Crippen LogP contribution < -0.4 is 37.9 Å². The summed E-state index contributed by atoms with van der Waals surface area (Å²) < 4.78 is 53.7. The summed E-state index contributed by atoms with van der Waals surface area (Å²) in [6, 6.07) is 51.9. The van der Waals surface area contributed by atoms with Gasteiger partial charge in [0.05, 0.1) is 42.7 Å². The second-order valence-corrected chi connectivity index (χ2v) is 37.3. The second-order valence-electron chi connectivity index (χ2n) is 34.0. The molecular formula is C102H104Cl3N7O21S2. The first-order valence-corrected chi connectivity index (χ1v) is 47.3. The van der Waals surface area contributed by atoms with Crippen LogP contribution in [0.4, 0.5) is 0 Å². The molecule has 706 valence electrons. The lowest BCUT2D eigenvalue weighted by Crippen LogP contribution is -2.49. The highest BCUT2D eigenvalue weighted by Crippen LogP contribution is 2.55. The predicted octanol–water partition coefficient (Wildman–Crippen LogP) is 21.3. The molecule has 5 aliphatic rings. The number of fused-ring (bicyclic) bond motifs is 4. The van der Waals surface area contributed by atoms with Crippen molar-refractivity contribution in [2.45, 2.75) is 184 Å². The topological polar surface area (TPSA) is 381 Å². The van der Waals surface area contributed by atoms with Crippen molar-refractivity contribution in [3.8, 4) is 56.8 Å². The van der Waals surface area contributed by atoms with E-state index >= 15 is 0 Å². The van der Waals surface area contributed by atoms with Crippen molar-refractivity contribution < 1.29 is 102 Å². The molecule has 6 atom stereocenters. The Morgan fingerprint density at radius 3 is 1.84 bits per heavy atom. The minimum Gasteiger partial charge on any atom is -0.497 e. The molecule has 0 radical (unpaired) electrons. The van der Waals surface area contributed by atoms with E-state index in [-0.39, 0.29) is 69.7 Å². The Morgan fingerprint density at radius 2 is 1.24 bits per heavy atom. The number of nitrogens with zero attached hydrogens (tertiary/aromatic N) is 7. The molecule has 2 aliphatic carbocycles. The summed E-state index contributed by atoms with van der Waals surface area (Å²) in [5.74, 6) is -3.23. The number of carboxylic acid groups (broad SMARTS) is 6. The van der Waals surface area contributed by atoms with Gasteiger partial charge >= 0.3 is 41.8 Å². The molecule has 33 heteroatoms. The summed E-state index contributed by atoms with van der Waals surface area (Å²) in [7, 11) is 1.56. The van der Waals surface area contributed by atoms with Crippen molar-refractivity contribution in [3.05, 3.63) is 286 Å². The lowest BCUT2D eigenvalue weighted by atomic mass is 9.78. The number of rotatable bonds is 34. The maximum absolute atomic E-state index is 13.1. The van der Waals surface area contributed by atoms with Crippen LogP contribution in [0.2, 0.25) is 15.1 Å². The Labute approximate surface area is 803 Å². The summed E-state index contributed by atoms with van der Waals surface area (Å²) in [6.45, 7) is 14.5. The number of benzene rings is 7. The summed E-state index contributed by atoms with van der Waals surface area (Å²) in [6.07, 6.45) is 9.02. The van der Waals surface area contributed by atoms with E-state index in [0.29, 0.717) is 126 Å². The van der Waals surface area contributed by atoms with Crippen LogP contribution in [0, 0.1) is 31.6 Å². The summed E-state index contributed by atoms with van der Waals surface area (Å²) in [5.41, 5.74) is 10.8. The Hall–Kier alpha value is -12.7. The molecule has 28 nitrogen and oxygen atoms in total. The van der Waals surface area contributed by atoms with Gasteiger partial charge in [-0.2, -0.15) is 5.10 Å². The normalized spacial score (nSPS) is 15.7. The lowest BCUT2D eigenvalue weighted by molar-refractivity contribution is -0.168. The maximum atomic E-state index is 13.1. The molecule has 0 spiro atoms. The van der Waals surface area contributed by atoms with Gasteiger partial charge in [-0.05, 0) is 206 Å². The molecule has 6 N–H and O–H groups in total. The highest BCUT2D eigenvalue weighted by Gasteiger charge is 2.50. The van der Waals surface area contributed by atoms with Gasteiger partial charge < -0.3 is 77.8 Å². The SMILES string of the molecule is CC(C)c1nc(Sc2ccc(CCC(=O)O)cc2)c(C(=O)O)n1Cc1cc2c(cc1Cl)OCO2.CCCCc1ccc2c(n1)[C@@H](c1ccc(OC)cc1CC(C)C(=O)O)[C@H](C(=O)O)[C@H]2c1ccc2c(c1)OCO2.Cc1cc(C)nc(O[C@H](C(=O)O)C(C)(OCCc2ccc(Cl)cc2)c2ccccc2)n1.O=C(O)c1c(Cc2cc3c(cc2Cl)OCO3)c(-c2cccs2)nn1CC1CCCCC1. The minimum absolute atomic E-state index is 0.00774. The van der Waals surface area contributed by atoms with Crippen molar-refractivity contribution in [2.24, 2.45) is 17.8 Å². The number of thiophene rings is 1. The molecule has 0 saturated heterocycles. The molecule has 0 amide bonds. The molecule has 12 aromatic rings. The van der Waals surface area contributed by atoms with Crippen molar-refractivity contribution in [3.63, 3.8) is 0 Å². The predicted molar refractivity (Wildman–Crippen MR) is 508 cm³/mol. The molecule has 2 unspecified atom stereocenters. The highest BCUT2D eigenvalue weighted by molar-refractivity contribution is 7.99. The number of imidazole rings is 1. The monoisotopic (exact) mass is 1930 g/mol. The average Bonchev–Trinajstić information content (AvgIpc) is 1.57. The van der Waals surface area contributed by atoms with Crippen LogP contribution in [-0.2, 0) is 74.7 Å². The zero-order chi connectivity index (χ0) is 95.9. The van der Waals surface area contributed by atoms with Crippen LogP contribution in [0.5, 0.6) is 46.3 Å². The van der Waals surface area contributed by atoms with Crippen molar-refractivity contribution >= 4 is 93.7 Å². The van der Waals surface area contributed by atoms with Crippen molar-refractivity contribution in [2.75, 3.05) is 34.1 Å². The van der Waals surface area contributed by atoms with Crippen LogP contribution >= 0.6 is 57.9 Å². The quantitative estimate of drug-likeness (QED) is 0.0218. The Kier molecular flexibility index (Phi) is 32.5. The van der Waals surface area contributed by atoms with E-state index in [1.165, 1.54) is 31.0 Å². The number of pyridine rings is 1. The van der Waals surface area contributed by atoms with Gasteiger partial charge in [-0.15, -0.1) is 11.3 Å². The molecule has 7 aromatic carbocycles. The smallest absolute Gasteiger partial charge is 0.355 e. The molecule has 1 fully saturated rings. The van der Waals surface area contributed by atoms with E-state index in [9.17, 15) is 54.3 Å². The van der Waals surface area contributed by atoms with Gasteiger partial charge in [-0.1, -0.05) is 179 Å². The summed E-state index contributed by atoms with van der Waals surface area (Å²) >= 11 is 21.7. The van der Waals surface area contributed by atoms with E-state index in [1.807, 2.05) is 159 Å². The van der Waals surface area contributed by atoms with E-state index in [1.54, 1.807) is 85.7 Å². The zero-order valence-corrected chi connectivity index (χ0v) is 79.5. The third-order valence-electron chi connectivity index (χ3n) is 24.2. The van der Waals surface area contributed by atoms with E-state index in [4.69, 9.17) is 92.6 Å². The van der Waals surface area contributed by atoms with Gasteiger partial charge in [-0.25, -0.2) is 29.3 Å². The van der Waals surface area contributed by atoms with Gasteiger partial charge in [0.25, 0.3) is 0 Å². The van der Waals surface area contributed by atoms with Gasteiger partial charge in [0, 0.05) is 91.9 Å². The summed E-state index contributed by atoms with van der Waals surface area (Å²) in [5, 5.41) is 68.3. The van der Waals surface area contributed by atoms with Crippen LogP contribution in [0.15, 0.2) is 185 Å². The standard InChI is InChI=1S/C31H33NO7.C24H23ClN2O6S.C24H25ClN2O4.C23H23ClN2O4S/c1-4-5-6-20-8-10-23-26(18-7-12-24-25(15-18)39-16-38-24)28(31(35)36)27(29(23)32-20)22-11-9-21(37-3)14-19(22)13-17(2)30(33)34;1-13(2)22-26-23(34-16-6-3-14(4-7-16)5-8-20(28)29)21(24(30)31)27(22)11-15-9-18-19(10-17(15)25)33-12-32-18;1-16-15-17(2)27-23(26-16)31-21(22(28)29)24(3,19-7-5-4-6-8-19)30-14-13-18-9-11-20(25)12-10-18;24-17-11-19-18(29-13-30-19)10-15(17)9-16-21(20-7-4-8-31-20)25-26(22(16)23(27)28)12-14-5-2-1-3-6-14/h7-12,14-15,17,26-28H,4-6,13,16H2,1-3H3,(H,33,34)(H,35,36);3-4,6-7,9-10,13H,5,8,11-12H2,1-2H3,(H,28,29)(H,30,31);4-12,15,21H,13-14H2,1-3H3,(H,28,29);4,7-8,10-11,14H,1-3,5-6,9,12-13H2,(H,27,28)/t17?,26-,27-,28+;;21-,24?;/m0.1./s1. The minimum atomic E-state index is -1.36. The number of hydrogen-bond donors (Lipinski definition) is 6. The fourth-order valence-electron chi connectivity index (χ4n) is 17.4. The third kappa shape index (κ3) is 23.8. The average molecular weight is 1930 g/mol. The number of methoxy groups -OCH3 is 1. The van der Waals surface area contributed by atoms with Crippen LogP contribution in [0.25, 0.3) is 10.6 Å². The van der Waals surface area contributed by atoms with Crippen LogP contribution in [0.3, 0.4) is 0 Å². The fourth-order valence-corrected chi connectivity index (χ4v) is 19.6. The Morgan fingerprint density at radius 1 is 0.615 bits per heavy atom. The third-order valence-corrected chi connectivity index (χ3v) is 27.0. The number of aryl methyl sites for hydroxylation is 4. The highest BCUT2D eigenvalue weighted by atomic mass is 35.5. The number of carbonyl (C=O) groups is 6. The first-order valence-electron chi connectivity index (χ1n) is 44.4. The number of carboxylic acids is 6. The molecular weight excluding hydrogens is 1830 g/mol. The number of aliphatic carboxylic acids is 4. The number of aromatic nitrogens is 7. The van der Waals surface area contributed by atoms with Crippen molar-refractivity contribution in [1.29, 1.82) is 0 Å². The Bertz CT molecular complexity index is 6250. The number of hydrogen-bond acceptors (Lipinski definition) is 22. The molecule has 1 saturated carbocycles. The summed E-state index contributed by atoms with van der Waals surface area (Å²) in [4.78, 5) is 92.6. The van der Waals surface area contributed by atoms with E-state index < -0.39 is 71.2 Å². The molecule has 3 aliphatic heterocycles. The maximum Gasteiger partial charge on any atom is 0.355 e. The molecule has 17 rings (SSSR count). The van der Waals surface area contributed by atoms with Gasteiger partial charge in [-0.3, -0.25) is 24.0 Å². The molecule has 0 bridgehead atoms. The molecule has 135 heavy (non-hydrogen) atoms. The molecule has 8 heterocycles. The van der Waals surface area contributed by atoms with Crippen LogP contribution in [0.1, 0.15) is 209 Å². The number of ether oxygens (including phenoxy) is 9. The number of aromatic carboxylic acids is 2. The van der Waals surface area contributed by atoms with Crippen LogP contribution in [-0.4, -0.2) is 141 Å². The Balaban J connectivity index is 0.000000145. The van der Waals surface area contributed by atoms with Gasteiger partial charge in [0.2, 0.25) is 26.5 Å². The van der Waals surface area contributed by atoms with E-state index in [0.717, 1.165) is 97.9 Å².